The maximum absolute atomic E-state index is 11.1. The van der Waals surface area contributed by atoms with Crippen molar-refractivity contribution in [3.63, 3.8) is 0 Å². The Morgan fingerprint density at radius 1 is 1.50 bits per heavy atom. The molecule has 0 fully saturated rings. The highest BCUT2D eigenvalue weighted by Gasteiger charge is 2.01. The summed E-state index contributed by atoms with van der Waals surface area (Å²) in [4.78, 5) is 11.1. The van der Waals surface area contributed by atoms with Crippen LogP contribution in [0.3, 0.4) is 0 Å². The van der Waals surface area contributed by atoms with Crippen molar-refractivity contribution in [1.29, 1.82) is 5.26 Å². The summed E-state index contributed by atoms with van der Waals surface area (Å²) in [5.41, 5.74) is 3.03. The first-order chi connectivity index (χ1) is 6.77. The molecule has 14 heavy (non-hydrogen) atoms. The maximum Gasteiger partial charge on any atom is 0.265 e. The van der Waals surface area contributed by atoms with Crippen LogP contribution in [-0.2, 0) is 0 Å². The molecule has 0 bridgehead atoms. The summed E-state index contributed by atoms with van der Waals surface area (Å²) >= 11 is 0. The van der Waals surface area contributed by atoms with E-state index in [4.69, 9.17) is 11.1 Å². The second-order valence-electron chi connectivity index (χ2n) is 2.42. The quantitative estimate of drug-likeness (QED) is 0.283. The fraction of sp³-hybridized carbons (Fsp3) is 0. The number of nitrogens with two attached hydrogens (primary N) is 1. The Morgan fingerprint density at radius 3 is 2.93 bits per heavy atom. The van der Waals surface area contributed by atoms with E-state index in [1.807, 2.05) is 5.43 Å². The average molecular weight is 185 g/mol. The van der Waals surface area contributed by atoms with Crippen LogP contribution in [0.5, 0.6) is 0 Å². The Bertz CT molecular complexity index is 448. The molecule has 3 N–H and O–H groups in total. The van der Waals surface area contributed by atoms with Gasteiger partial charge in [0.25, 0.3) is 5.91 Å². The summed E-state index contributed by atoms with van der Waals surface area (Å²) in [6.07, 6.45) is 0. The molecule has 0 aromatic heterocycles. The van der Waals surface area contributed by atoms with Crippen molar-refractivity contribution in [2.24, 2.45) is 5.84 Å². The number of nitrogens with zero attached hydrogens (tertiary/aromatic N) is 1. The van der Waals surface area contributed by atoms with Crippen molar-refractivity contribution in [2.45, 2.75) is 0 Å². The minimum absolute atomic E-state index is 0.384. The van der Waals surface area contributed by atoms with Crippen molar-refractivity contribution in [1.82, 2.24) is 5.43 Å². The van der Waals surface area contributed by atoms with E-state index >= 15 is 0 Å². The van der Waals surface area contributed by atoms with Gasteiger partial charge >= 0.3 is 0 Å². The van der Waals surface area contributed by atoms with Gasteiger partial charge < -0.3 is 0 Å². The summed E-state index contributed by atoms with van der Waals surface area (Å²) in [5, 5.41) is 8.23. The number of nitriles is 1. The second kappa shape index (κ2) is 4.66. The predicted octanol–water partition coefficient (Wildman–Crippen LogP) is 0.165. The molecule has 1 rings (SSSR count). The van der Waals surface area contributed by atoms with Crippen LogP contribution < -0.4 is 11.3 Å². The molecular weight excluding hydrogens is 178 g/mol. The molecule has 1 aromatic rings. The van der Waals surface area contributed by atoms with Crippen LogP contribution in [0.4, 0.5) is 0 Å². The summed E-state index contributed by atoms with van der Waals surface area (Å²) in [7, 11) is 0. The molecule has 0 spiro atoms. The molecule has 0 aliphatic rings. The van der Waals surface area contributed by atoms with Gasteiger partial charge in [-0.2, -0.15) is 5.26 Å². The molecule has 1 aromatic carbocycles. The molecule has 0 atom stereocenters. The Labute approximate surface area is 81.3 Å². The first-order valence-electron chi connectivity index (χ1n) is 3.79. The molecule has 0 aliphatic heterocycles. The largest absolute Gasteiger partial charge is 0.290 e. The van der Waals surface area contributed by atoms with Crippen molar-refractivity contribution in [3.05, 3.63) is 35.4 Å². The van der Waals surface area contributed by atoms with Crippen LogP contribution in [0.15, 0.2) is 24.3 Å². The molecule has 4 heteroatoms. The summed E-state index contributed by atoms with van der Waals surface area (Å²) < 4.78 is 0. The van der Waals surface area contributed by atoms with Gasteiger partial charge in [-0.25, -0.2) is 5.84 Å². The number of hydrogen-bond acceptors (Lipinski definition) is 3. The van der Waals surface area contributed by atoms with E-state index in [-0.39, 0.29) is 5.91 Å². The van der Waals surface area contributed by atoms with Crippen LogP contribution in [0.25, 0.3) is 0 Å². The number of amides is 1. The Morgan fingerprint density at radius 2 is 2.29 bits per heavy atom. The van der Waals surface area contributed by atoms with E-state index in [0.717, 1.165) is 0 Å². The zero-order valence-corrected chi connectivity index (χ0v) is 7.24. The number of nitrogen functional groups attached to an aromatic ring is 1. The fourth-order valence-electron chi connectivity index (χ4n) is 0.922. The lowest BCUT2D eigenvalue weighted by atomic mass is 10.1. The number of hydrogen-bond donors (Lipinski definition) is 2. The SMILES string of the molecule is N#CC#Cc1cccc(C(=O)NN)c1. The third-order valence-corrected chi connectivity index (χ3v) is 1.52. The van der Waals surface area contributed by atoms with Gasteiger partial charge in [0.15, 0.2) is 6.07 Å². The number of benzene rings is 1. The Balaban J connectivity index is 3.02. The standard InChI is InChI=1S/C10H7N3O/c11-6-2-4-8-3-1-5-9(7-8)10(14)13-12/h1,3,5,7H,12H2,(H,13,14). The molecule has 68 valence electrons. The first kappa shape index (κ1) is 9.79. The van der Waals surface area contributed by atoms with E-state index in [9.17, 15) is 4.79 Å². The topological polar surface area (TPSA) is 78.9 Å². The number of carbonyl (C=O) groups excluding carboxylic acids is 1. The zero-order valence-electron chi connectivity index (χ0n) is 7.24. The van der Waals surface area contributed by atoms with Crippen molar-refractivity contribution in [3.8, 4) is 17.9 Å². The normalized spacial score (nSPS) is 8.00. The Hall–Kier alpha value is -2.30. The zero-order chi connectivity index (χ0) is 10.4. The van der Waals surface area contributed by atoms with Gasteiger partial charge in [0.05, 0.1) is 0 Å². The lowest BCUT2D eigenvalue weighted by Crippen LogP contribution is -2.29. The van der Waals surface area contributed by atoms with E-state index < -0.39 is 0 Å². The van der Waals surface area contributed by atoms with Crippen LogP contribution in [0.2, 0.25) is 0 Å². The highest BCUT2D eigenvalue weighted by Crippen LogP contribution is 2.03. The van der Waals surface area contributed by atoms with Gasteiger partial charge in [-0.15, -0.1) is 0 Å². The first-order valence-corrected chi connectivity index (χ1v) is 3.79. The van der Waals surface area contributed by atoms with Crippen LogP contribution >= 0.6 is 0 Å². The van der Waals surface area contributed by atoms with Gasteiger partial charge in [0.2, 0.25) is 0 Å². The average Bonchev–Trinajstić information content (AvgIpc) is 2.25. The minimum atomic E-state index is -0.384. The van der Waals surface area contributed by atoms with E-state index in [1.54, 1.807) is 30.3 Å². The number of rotatable bonds is 1. The molecule has 0 saturated heterocycles. The van der Waals surface area contributed by atoms with E-state index in [2.05, 4.69) is 11.8 Å². The molecule has 0 unspecified atom stereocenters. The van der Waals surface area contributed by atoms with Crippen molar-refractivity contribution >= 4 is 5.91 Å². The lowest BCUT2D eigenvalue weighted by Gasteiger charge is -1.98. The Kier molecular flexibility index (Phi) is 3.26. The van der Waals surface area contributed by atoms with Gasteiger partial charge in [0.1, 0.15) is 0 Å². The highest BCUT2D eigenvalue weighted by atomic mass is 16.2. The minimum Gasteiger partial charge on any atom is -0.290 e. The number of hydrazine groups is 1. The molecule has 0 aliphatic carbocycles. The second-order valence-corrected chi connectivity index (χ2v) is 2.42. The molecule has 4 nitrogen and oxygen atoms in total. The maximum atomic E-state index is 11.1. The molecule has 0 radical (unpaired) electrons. The van der Waals surface area contributed by atoms with E-state index in [1.165, 1.54) is 0 Å². The third kappa shape index (κ3) is 2.34. The van der Waals surface area contributed by atoms with Gasteiger partial charge in [-0.05, 0) is 18.2 Å². The number of carbonyl (C=O) groups is 1. The number of nitrogens with one attached hydrogen (secondary N) is 1. The van der Waals surface area contributed by atoms with Crippen molar-refractivity contribution in [2.75, 3.05) is 0 Å². The predicted molar refractivity (Wildman–Crippen MR) is 50.6 cm³/mol. The van der Waals surface area contributed by atoms with Gasteiger partial charge in [0, 0.05) is 17.0 Å². The van der Waals surface area contributed by atoms with Crippen molar-refractivity contribution < 1.29 is 4.79 Å². The van der Waals surface area contributed by atoms with Crippen LogP contribution in [0, 0.1) is 23.2 Å². The smallest absolute Gasteiger partial charge is 0.265 e. The van der Waals surface area contributed by atoms with Gasteiger partial charge in [-0.3, -0.25) is 10.2 Å². The lowest BCUT2D eigenvalue weighted by molar-refractivity contribution is 0.0953. The highest BCUT2D eigenvalue weighted by molar-refractivity contribution is 5.94. The summed E-state index contributed by atoms with van der Waals surface area (Å²) in [6.45, 7) is 0. The monoisotopic (exact) mass is 185 g/mol. The molecule has 1 amide bonds. The van der Waals surface area contributed by atoms with Gasteiger partial charge in [-0.1, -0.05) is 12.0 Å². The van der Waals surface area contributed by atoms with Crippen LogP contribution in [0.1, 0.15) is 15.9 Å². The summed E-state index contributed by atoms with van der Waals surface area (Å²) in [5.74, 6) is 9.41. The fourth-order valence-corrected chi connectivity index (χ4v) is 0.922. The van der Waals surface area contributed by atoms with Crippen LogP contribution in [-0.4, -0.2) is 5.91 Å². The van der Waals surface area contributed by atoms with E-state index in [0.29, 0.717) is 11.1 Å². The molecule has 0 heterocycles. The molecular formula is C10H7N3O. The molecule has 0 saturated carbocycles. The summed E-state index contributed by atoms with van der Waals surface area (Å²) in [6, 6.07) is 8.24. The third-order valence-electron chi connectivity index (χ3n) is 1.52.